The Hall–Kier alpha value is -1.96. The van der Waals surface area contributed by atoms with Crippen molar-refractivity contribution in [1.29, 1.82) is 0 Å². The molecule has 2 heteroatoms. The molecule has 0 amide bonds. The molecule has 0 atom stereocenters. The van der Waals surface area contributed by atoms with Gasteiger partial charge in [-0.2, -0.15) is 0 Å². The molecule has 0 unspecified atom stereocenters. The van der Waals surface area contributed by atoms with Crippen molar-refractivity contribution >= 4 is 11.4 Å². The Bertz CT molecular complexity index is 584. The van der Waals surface area contributed by atoms with Crippen molar-refractivity contribution in [2.75, 3.05) is 23.7 Å². The van der Waals surface area contributed by atoms with Gasteiger partial charge in [-0.15, -0.1) is 0 Å². The van der Waals surface area contributed by atoms with Gasteiger partial charge in [0, 0.05) is 24.5 Å². The number of anilines is 2. The molecule has 0 aliphatic heterocycles. The molecular formula is C18H24N2. The Kier molecular flexibility index (Phi) is 4.67. The van der Waals surface area contributed by atoms with Crippen LogP contribution in [-0.4, -0.2) is 13.1 Å². The van der Waals surface area contributed by atoms with Crippen molar-refractivity contribution in [3.8, 4) is 0 Å². The fraction of sp³-hybridized carbons (Fsp3) is 0.333. The summed E-state index contributed by atoms with van der Waals surface area (Å²) in [5.41, 5.74) is 7.71. The zero-order valence-corrected chi connectivity index (χ0v) is 12.9. The molecule has 2 nitrogen and oxygen atoms in total. The van der Waals surface area contributed by atoms with Crippen LogP contribution in [0.25, 0.3) is 0 Å². The fourth-order valence-electron chi connectivity index (χ4n) is 2.26. The average Bonchev–Trinajstić information content (AvgIpc) is 2.43. The molecule has 0 spiro atoms. The van der Waals surface area contributed by atoms with Gasteiger partial charge in [0.05, 0.1) is 0 Å². The summed E-state index contributed by atoms with van der Waals surface area (Å²) in [6, 6.07) is 12.9. The van der Waals surface area contributed by atoms with Gasteiger partial charge in [0.2, 0.25) is 0 Å². The van der Waals surface area contributed by atoms with Gasteiger partial charge in [0.1, 0.15) is 0 Å². The van der Waals surface area contributed by atoms with Crippen molar-refractivity contribution in [2.24, 2.45) is 0 Å². The molecule has 0 aliphatic rings. The zero-order chi connectivity index (χ0) is 14.5. The quantitative estimate of drug-likeness (QED) is 0.783. The molecule has 2 aromatic rings. The van der Waals surface area contributed by atoms with Gasteiger partial charge < -0.3 is 10.6 Å². The van der Waals surface area contributed by atoms with Crippen LogP contribution in [0.15, 0.2) is 36.4 Å². The minimum absolute atomic E-state index is 0.914. The van der Waals surface area contributed by atoms with Gasteiger partial charge in [-0.25, -0.2) is 0 Å². The van der Waals surface area contributed by atoms with Crippen LogP contribution in [0, 0.1) is 27.7 Å². The highest BCUT2D eigenvalue weighted by Crippen LogP contribution is 2.18. The molecule has 2 rings (SSSR count). The molecule has 0 aliphatic carbocycles. The van der Waals surface area contributed by atoms with E-state index in [1.165, 1.54) is 33.6 Å². The highest BCUT2D eigenvalue weighted by molar-refractivity contribution is 5.55. The summed E-state index contributed by atoms with van der Waals surface area (Å²) in [5, 5.41) is 6.99. The zero-order valence-electron chi connectivity index (χ0n) is 12.9. The fourth-order valence-corrected chi connectivity index (χ4v) is 2.26. The lowest BCUT2D eigenvalue weighted by Crippen LogP contribution is -2.15. The molecule has 2 aromatic carbocycles. The predicted octanol–water partition coefficient (Wildman–Crippen LogP) is 4.44. The van der Waals surface area contributed by atoms with Crippen LogP contribution in [0.3, 0.4) is 0 Å². The van der Waals surface area contributed by atoms with E-state index in [1.54, 1.807) is 0 Å². The van der Waals surface area contributed by atoms with Crippen LogP contribution >= 0.6 is 0 Å². The number of nitrogens with one attached hydrogen (secondary N) is 2. The first-order valence-corrected chi connectivity index (χ1v) is 7.19. The van der Waals surface area contributed by atoms with Crippen LogP contribution in [0.4, 0.5) is 11.4 Å². The Balaban J connectivity index is 1.88. The van der Waals surface area contributed by atoms with Crippen LogP contribution in [0.1, 0.15) is 22.3 Å². The molecule has 2 N–H and O–H groups in total. The molecule has 106 valence electrons. The summed E-state index contributed by atoms with van der Waals surface area (Å²) in [7, 11) is 0. The Morgan fingerprint density at radius 1 is 0.750 bits per heavy atom. The SMILES string of the molecule is Cc1ccc(C)c(NCCNc2cccc(C)c2C)c1. The third-order valence-electron chi connectivity index (χ3n) is 3.75. The van der Waals surface area contributed by atoms with E-state index < -0.39 is 0 Å². The van der Waals surface area contributed by atoms with Crippen molar-refractivity contribution in [1.82, 2.24) is 0 Å². The number of aryl methyl sites for hydroxylation is 3. The second kappa shape index (κ2) is 6.47. The van der Waals surface area contributed by atoms with Crippen molar-refractivity contribution < 1.29 is 0 Å². The highest BCUT2D eigenvalue weighted by atomic mass is 14.9. The molecule has 0 saturated heterocycles. The van der Waals surface area contributed by atoms with E-state index in [0.717, 1.165) is 13.1 Å². The lowest BCUT2D eigenvalue weighted by molar-refractivity contribution is 1.07. The molecular weight excluding hydrogens is 244 g/mol. The lowest BCUT2D eigenvalue weighted by Gasteiger charge is -2.14. The first-order valence-electron chi connectivity index (χ1n) is 7.19. The maximum Gasteiger partial charge on any atom is 0.0373 e. The third kappa shape index (κ3) is 3.53. The highest BCUT2D eigenvalue weighted by Gasteiger charge is 2.00. The van der Waals surface area contributed by atoms with Gasteiger partial charge in [-0.1, -0.05) is 24.3 Å². The maximum absolute atomic E-state index is 3.50. The van der Waals surface area contributed by atoms with Crippen LogP contribution in [0.2, 0.25) is 0 Å². The second-order valence-electron chi connectivity index (χ2n) is 5.42. The Morgan fingerprint density at radius 2 is 1.45 bits per heavy atom. The Morgan fingerprint density at radius 3 is 2.20 bits per heavy atom. The normalized spacial score (nSPS) is 10.4. The minimum atomic E-state index is 0.914. The summed E-state index contributed by atoms with van der Waals surface area (Å²) in [4.78, 5) is 0. The smallest absolute Gasteiger partial charge is 0.0373 e. The van der Waals surface area contributed by atoms with Crippen LogP contribution in [0.5, 0.6) is 0 Å². The standard InChI is InChI=1S/C18H24N2/c1-13-8-9-15(3)18(12-13)20-11-10-19-17-7-5-6-14(2)16(17)4/h5-9,12,19-20H,10-11H2,1-4H3. The van der Waals surface area contributed by atoms with E-state index in [0.29, 0.717) is 0 Å². The molecule has 0 saturated carbocycles. The van der Waals surface area contributed by atoms with E-state index in [4.69, 9.17) is 0 Å². The van der Waals surface area contributed by atoms with E-state index in [1.807, 2.05) is 0 Å². The summed E-state index contributed by atoms with van der Waals surface area (Å²) in [6.07, 6.45) is 0. The molecule has 0 bridgehead atoms. The number of hydrogen-bond acceptors (Lipinski definition) is 2. The monoisotopic (exact) mass is 268 g/mol. The summed E-state index contributed by atoms with van der Waals surface area (Å²) >= 11 is 0. The number of rotatable bonds is 5. The molecule has 0 fully saturated rings. The minimum Gasteiger partial charge on any atom is -0.383 e. The van der Waals surface area contributed by atoms with E-state index >= 15 is 0 Å². The first kappa shape index (κ1) is 14.4. The maximum atomic E-state index is 3.50. The second-order valence-corrected chi connectivity index (χ2v) is 5.42. The summed E-state index contributed by atoms with van der Waals surface area (Å²) in [6.45, 7) is 10.4. The van der Waals surface area contributed by atoms with Crippen molar-refractivity contribution in [3.63, 3.8) is 0 Å². The average molecular weight is 268 g/mol. The first-order chi connectivity index (χ1) is 9.58. The van der Waals surface area contributed by atoms with Gasteiger partial charge in [-0.3, -0.25) is 0 Å². The van der Waals surface area contributed by atoms with Crippen molar-refractivity contribution in [3.05, 3.63) is 58.7 Å². The van der Waals surface area contributed by atoms with Crippen LogP contribution < -0.4 is 10.6 Å². The predicted molar refractivity (Wildman–Crippen MR) is 88.8 cm³/mol. The largest absolute Gasteiger partial charge is 0.383 e. The number of benzene rings is 2. The molecule has 0 heterocycles. The lowest BCUT2D eigenvalue weighted by atomic mass is 10.1. The topological polar surface area (TPSA) is 24.1 Å². The van der Waals surface area contributed by atoms with Gasteiger partial charge in [0.25, 0.3) is 0 Å². The van der Waals surface area contributed by atoms with E-state index in [9.17, 15) is 0 Å². The summed E-state index contributed by atoms with van der Waals surface area (Å²) in [5.74, 6) is 0. The molecule has 20 heavy (non-hydrogen) atoms. The Labute approximate surface area is 122 Å². The third-order valence-corrected chi connectivity index (χ3v) is 3.75. The van der Waals surface area contributed by atoms with Crippen LogP contribution in [-0.2, 0) is 0 Å². The van der Waals surface area contributed by atoms with E-state index in [-0.39, 0.29) is 0 Å². The van der Waals surface area contributed by atoms with Gasteiger partial charge in [-0.05, 0) is 62.1 Å². The van der Waals surface area contributed by atoms with Gasteiger partial charge in [0.15, 0.2) is 0 Å². The van der Waals surface area contributed by atoms with Gasteiger partial charge >= 0.3 is 0 Å². The number of hydrogen-bond donors (Lipinski definition) is 2. The molecule has 0 aromatic heterocycles. The molecule has 0 radical (unpaired) electrons. The summed E-state index contributed by atoms with van der Waals surface area (Å²) < 4.78 is 0. The van der Waals surface area contributed by atoms with Crippen molar-refractivity contribution in [2.45, 2.75) is 27.7 Å². The van der Waals surface area contributed by atoms with E-state index in [2.05, 4.69) is 74.7 Å².